The van der Waals surface area contributed by atoms with Gasteiger partial charge in [-0.05, 0) is 0 Å². The SMILES string of the molecule is CC.O=CS. The molecule has 0 heterocycles. The van der Waals surface area contributed by atoms with Crippen LogP contribution in [0.25, 0.3) is 0 Å². The van der Waals surface area contributed by atoms with Gasteiger partial charge in [0.1, 0.15) is 0 Å². The molecule has 0 fully saturated rings. The van der Waals surface area contributed by atoms with E-state index in [0.717, 1.165) is 0 Å². The summed E-state index contributed by atoms with van der Waals surface area (Å²) >= 11 is 3.11. The molecule has 0 atom stereocenters. The number of carbonyl (C=O) groups excluding carboxylic acids is 1. The maximum Gasteiger partial charge on any atom is 0.173 e. The molecule has 2 heteroatoms. The quantitative estimate of drug-likeness (QED) is 0.350. The van der Waals surface area contributed by atoms with Crippen LogP contribution in [0.15, 0.2) is 0 Å². The summed E-state index contributed by atoms with van der Waals surface area (Å²) in [6.07, 6.45) is 0. The number of hydrogen-bond acceptors (Lipinski definition) is 1. The lowest BCUT2D eigenvalue weighted by molar-refractivity contribution is 0.570. The van der Waals surface area contributed by atoms with Crippen molar-refractivity contribution in [2.24, 2.45) is 0 Å². The summed E-state index contributed by atoms with van der Waals surface area (Å²) in [5.74, 6) is 0. The van der Waals surface area contributed by atoms with Gasteiger partial charge in [0, 0.05) is 0 Å². The van der Waals surface area contributed by atoms with E-state index in [1.807, 2.05) is 13.8 Å². The van der Waals surface area contributed by atoms with Crippen LogP contribution in [0.4, 0.5) is 0 Å². The molecule has 0 rings (SSSR count). The largest absolute Gasteiger partial charge is 0.291 e. The Kier molecular flexibility index (Phi) is 62.7. The van der Waals surface area contributed by atoms with Gasteiger partial charge in [0.25, 0.3) is 0 Å². The number of thiol groups is 1. The van der Waals surface area contributed by atoms with Crippen LogP contribution < -0.4 is 0 Å². The van der Waals surface area contributed by atoms with Crippen LogP contribution in [0.1, 0.15) is 13.8 Å². The highest BCUT2D eigenvalue weighted by Crippen LogP contribution is 1.39. The zero-order valence-corrected chi connectivity index (χ0v) is 4.33. The molecule has 0 saturated heterocycles. The highest BCUT2D eigenvalue weighted by Gasteiger charge is 1.24. The zero-order chi connectivity index (χ0) is 4.71. The van der Waals surface area contributed by atoms with Crippen molar-refractivity contribution in [2.75, 3.05) is 0 Å². The van der Waals surface area contributed by atoms with Gasteiger partial charge >= 0.3 is 0 Å². The van der Waals surface area contributed by atoms with E-state index in [2.05, 4.69) is 12.6 Å². The summed E-state index contributed by atoms with van der Waals surface area (Å²) in [5.41, 5.74) is 0.444. The topological polar surface area (TPSA) is 17.1 Å². The van der Waals surface area contributed by atoms with Crippen molar-refractivity contribution < 1.29 is 4.79 Å². The normalized spacial score (nSPS) is 3.80. The maximum absolute atomic E-state index is 8.67. The predicted octanol–water partition coefficient (Wildman–Crippen LogP) is 1.13. The van der Waals surface area contributed by atoms with Crippen LogP contribution in [-0.2, 0) is 4.79 Å². The summed E-state index contributed by atoms with van der Waals surface area (Å²) in [4.78, 5) is 8.67. The highest BCUT2D eigenvalue weighted by atomic mass is 32.1. The minimum Gasteiger partial charge on any atom is -0.291 e. The van der Waals surface area contributed by atoms with Crippen molar-refractivity contribution in [3.8, 4) is 0 Å². The van der Waals surface area contributed by atoms with Gasteiger partial charge in [-0.1, -0.05) is 13.8 Å². The first-order chi connectivity index (χ1) is 2.41. The number of carbonyl (C=O) groups is 1. The van der Waals surface area contributed by atoms with Crippen LogP contribution >= 0.6 is 12.6 Å². The Morgan fingerprint density at radius 3 is 1.60 bits per heavy atom. The summed E-state index contributed by atoms with van der Waals surface area (Å²) < 4.78 is 0. The molecule has 0 aromatic heterocycles. The Morgan fingerprint density at radius 1 is 1.60 bits per heavy atom. The number of rotatable bonds is 0. The molecule has 0 N–H and O–H groups in total. The van der Waals surface area contributed by atoms with E-state index in [9.17, 15) is 0 Å². The maximum atomic E-state index is 8.67. The molecule has 0 aliphatic heterocycles. The van der Waals surface area contributed by atoms with Gasteiger partial charge in [-0.3, -0.25) is 4.79 Å². The Balaban J connectivity index is 0. The Morgan fingerprint density at radius 2 is 1.60 bits per heavy atom. The van der Waals surface area contributed by atoms with Crippen LogP contribution in [0.3, 0.4) is 0 Å². The summed E-state index contributed by atoms with van der Waals surface area (Å²) in [5, 5.41) is 0. The predicted molar refractivity (Wildman–Crippen MR) is 27.1 cm³/mol. The summed E-state index contributed by atoms with van der Waals surface area (Å²) in [6, 6.07) is 0. The van der Waals surface area contributed by atoms with Crippen molar-refractivity contribution >= 4 is 18.2 Å². The Hall–Kier alpha value is 0.0200. The van der Waals surface area contributed by atoms with Crippen LogP contribution in [0, 0.1) is 0 Å². The van der Waals surface area contributed by atoms with Crippen molar-refractivity contribution in [1.29, 1.82) is 0 Å². The first-order valence-corrected chi connectivity index (χ1v) is 2.01. The minimum atomic E-state index is 0.444. The lowest BCUT2D eigenvalue weighted by Gasteiger charge is -1.24. The van der Waals surface area contributed by atoms with E-state index < -0.39 is 0 Å². The van der Waals surface area contributed by atoms with Crippen LogP contribution in [-0.4, -0.2) is 5.62 Å². The van der Waals surface area contributed by atoms with Gasteiger partial charge in [-0.15, -0.1) is 12.6 Å². The van der Waals surface area contributed by atoms with Gasteiger partial charge in [-0.25, -0.2) is 0 Å². The lowest BCUT2D eigenvalue weighted by Crippen LogP contribution is -1.25. The first kappa shape index (κ1) is 8.89. The van der Waals surface area contributed by atoms with Crippen molar-refractivity contribution in [1.82, 2.24) is 0 Å². The fourth-order valence-corrected chi connectivity index (χ4v) is 0. The molecule has 0 aliphatic carbocycles. The molecule has 0 saturated carbocycles. The van der Waals surface area contributed by atoms with Gasteiger partial charge in [0.2, 0.25) is 0 Å². The third-order valence-corrected chi connectivity index (χ3v) is 0. The fraction of sp³-hybridized carbons (Fsp3) is 0.667. The Bertz CT molecular complexity index is 14.4. The van der Waals surface area contributed by atoms with E-state index in [4.69, 9.17) is 4.79 Å². The van der Waals surface area contributed by atoms with E-state index in [1.165, 1.54) is 0 Å². The second-order valence-electron chi connectivity index (χ2n) is 0.105. The van der Waals surface area contributed by atoms with Crippen LogP contribution in [0.5, 0.6) is 0 Å². The van der Waals surface area contributed by atoms with Gasteiger partial charge in [-0.2, -0.15) is 0 Å². The molecule has 1 nitrogen and oxygen atoms in total. The van der Waals surface area contributed by atoms with E-state index in [0.29, 0.717) is 5.62 Å². The fourth-order valence-electron chi connectivity index (χ4n) is 0. The van der Waals surface area contributed by atoms with Gasteiger partial charge in [0.15, 0.2) is 5.62 Å². The number of hydrogen-bond donors (Lipinski definition) is 1. The average molecular weight is 92.2 g/mol. The molecule has 0 spiro atoms. The van der Waals surface area contributed by atoms with Crippen molar-refractivity contribution in [3.63, 3.8) is 0 Å². The van der Waals surface area contributed by atoms with E-state index in [1.54, 1.807) is 0 Å². The molecule has 0 unspecified atom stereocenters. The van der Waals surface area contributed by atoms with Gasteiger partial charge < -0.3 is 0 Å². The molecule has 0 bridgehead atoms. The lowest BCUT2D eigenvalue weighted by atomic mass is 11.0. The highest BCUT2D eigenvalue weighted by molar-refractivity contribution is 7.94. The van der Waals surface area contributed by atoms with E-state index in [-0.39, 0.29) is 0 Å². The summed E-state index contributed by atoms with van der Waals surface area (Å²) in [6.45, 7) is 4.00. The van der Waals surface area contributed by atoms with Crippen molar-refractivity contribution in [3.05, 3.63) is 0 Å². The molecule has 5 heavy (non-hydrogen) atoms. The molecule has 0 aromatic rings. The second-order valence-corrected chi connectivity index (χ2v) is 0.316. The smallest absolute Gasteiger partial charge is 0.173 e. The minimum absolute atomic E-state index is 0.444. The first-order valence-electron chi connectivity index (χ1n) is 1.49. The van der Waals surface area contributed by atoms with Crippen LogP contribution in [0.2, 0.25) is 0 Å². The third kappa shape index (κ3) is 41000. The summed E-state index contributed by atoms with van der Waals surface area (Å²) in [7, 11) is 0. The molecule has 0 aliphatic rings. The van der Waals surface area contributed by atoms with E-state index >= 15 is 0 Å². The molecule has 0 amide bonds. The van der Waals surface area contributed by atoms with Gasteiger partial charge in [0.05, 0.1) is 0 Å². The molecule has 0 radical (unpaired) electrons. The monoisotopic (exact) mass is 92.0 g/mol. The zero-order valence-electron chi connectivity index (χ0n) is 3.43. The molecule has 0 aromatic carbocycles. The average Bonchev–Trinajstić information content (AvgIpc) is 1.46. The third-order valence-electron chi connectivity index (χ3n) is 0. The standard InChI is InChI=1S/C2H6.CH2OS/c1-2;2-1-3/h1-2H3;1H,(H,2,3). The molecule has 32 valence electrons. The molecular weight excluding hydrogens is 84.1 g/mol. The van der Waals surface area contributed by atoms with Crippen molar-refractivity contribution in [2.45, 2.75) is 13.8 Å². The second kappa shape index (κ2) is 35.2. The Labute approximate surface area is 37.8 Å². The molecular formula is C3H8OS.